The molecule has 0 aliphatic carbocycles. The van der Waals surface area contributed by atoms with Gasteiger partial charge in [-0.1, -0.05) is 29.3 Å². The molecule has 7 nitrogen and oxygen atoms in total. The lowest BCUT2D eigenvalue weighted by Gasteiger charge is -2.34. The van der Waals surface area contributed by atoms with Crippen molar-refractivity contribution < 1.29 is 14.7 Å². The zero-order chi connectivity index (χ0) is 18.7. The van der Waals surface area contributed by atoms with Gasteiger partial charge in [-0.05, 0) is 23.8 Å². The van der Waals surface area contributed by atoms with E-state index in [1.807, 2.05) is 12.1 Å². The third kappa shape index (κ3) is 4.55. The van der Waals surface area contributed by atoms with Gasteiger partial charge in [-0.25, -0.2) is 0 Å². The first-order valence-electron chi connectivity index (χ1n) is 8.13. The summed E-state index contributed by atoms with van der Waals surface area (Å²) in [5, 5.41) is 13.9. The molecule has 0 saturated carbocycles. The molecule has 0 radical (unpaired) electrons. The average Bonchev–Trinajstić information content (AvgIpc) is 3.06. The lowest BCUT2D eigenvalue weighted by Crippen LogP contribution is -2.48. The highest BCUT2D eigenvalue weighted by Gasteiger charge is 2.24. The third-order valence-electron chi connectivity index (χ3n) is 4.21. The largest absolute Gasteiger partial charge is 0.480 e. The molecule has 1 amide bonds. The number of carbonyl (C=O) groups is 2. The first-order chi connectivity index (χ1) is 12.4. The quantitative estimate of drug-likeness (QED) is 0.837. The Bertz CT molecular complexity index is 816. The number of carbonyl (C=O) groups excluding carboxylic acids is 1. The van der Waals surface area contributed by atoms with Crippen molar-refractivity contribution in [3.8, 4) is 0 Å². The van der Waals surface area contributed by atoms with Crippen LogP contribution in [0.1, 0.15) is 16.1 Å². The summed E-state index contributed by atoms with van der Waals surface area (Å²) in [6, 6.07) is 7.14. The fraction of sp³-hybridized carbons (Fsp3) is 0.353. The van der Waals surface area contributed by atoms with Crippen LogP contribution in [0.3, 0.4) is 0 Å². The molecule has 3 rings (SSSR count). The van der Waals surface area contributed by atoms with E-state index in [1.165, 1.54) is 10.9 Å². The molecular weight excluding hydrogens is 379 g/mol. The standard InChI is InChI=1S/C17H18Cl2N4O3/c18-13-2-1-12(9-14(13)19)10-21-5-7-22(8-6-21)17(26)15-3-4-23(20-15)11-16(24)25/h1-4,9H,5-8,10-11H2,(H,24,25). The van der Waals surface area contributed by atoms with Gasteiger partial charge >= 0.3 is 5.97 Å². The maximum atomic E-state index is 12.5. The molecule has 1 aliphatic rings. The highest BCUT2D eigenvalue weighted by atomic mass is 35.5. The van der Waals surface area contributed by atoms with E-state index in [9.17, 15) is 9.59 Å². The number of carboxylic acids is 1. The highest BCUT2D eigenvalue weighted by Crippen LogP contribution is 2.23. The number of hydrogen-bond acceptors (Lipinski definition) is 4. The number of hydrogen-bond donors (Lipinski definition) is 1. The van der Waals surface area contributed by atoms with E-state index in [2.05, 4.69) is 10.00 Å². The van der Waals surface area contributed by atoms with Crippen LogP contribution >= 0.6 is 23.2 Å². The molecule has 1 aromatic heterocycles. The summed E-state index contributed by atoms with van der Waals surface area (Å²) in [6.07, 6.45) is 1.50. The second-order valence-electron chi connectivity index (χ2n) is 6.11. The fourth-order valence-corrected chi connectivity index (χ4v) is 3.19. The smallest absolute Gasteiger partial charge is 0.325 e. The SMILES string of the molecule is O=C(O)Cn1ccc(C(=O)N2CCN(Cc3ccc(Cl)c(Cl)c3)CC2)n1. The van der Waals surface area contributed by atoms with Gasteiger partial charge in [-0.2, -0.15) is 5.10 Å². The fourth-order valence-electron chi connectivity index (χ4n) is 2.87. The van der Waals surface area contributed by atoms with E-state index in [-0.39, 0.29) is 18.1 Å². The number of carboxylic acid groups (broad SMARTS) is 1. The van der Waals surface area contributed by atoms with Gasteiger partial charge < -0.3 is 10.0 Å². The number of piperazine rings is 1. The Morgan fingerprint density at radius 2 is 1.81 bits per heavy atom. The number of halogens is 2. The van der Waals surface area contributed by atoms with Crippen LogP contribution in [0, 0.1) is 0 Å². The Labute approximate surface area is 160 Å². The Hall–Kier alpha value is -2.09. The van der Waals surface area contributed by atoms with E-state index in [0.717, 1.165) is 25.2 Å². The summed E-state index contributed by atoms with van der Waals surface area (Å²) in [4.78, 5) is 27.2. The van der Waals surface area contributed by atoms with Crippen molar-refractivity contribution in [2.45, 2.75) is 13.1 Å². The average molecular weight is 397 g/mol. The van der Waals surface area contributed by atoms with E-state index in [0.29, 0.717) is 23.1 Å². The summed E-state index contributed by atoms with van der Waals surface area (Å²) in [6.45, 7) is 3.14. The molecule has 1 fully saturated rings. The highest BCUT2D eigenvalue weighted by molar-refractivity contribution is 6.42. The molecule has 1 aliphatic heterocycles. The molecule has 1 aromatic carbocycles. The molecule has 0 bridgehead atoms. The normalized spacial score (nSPS) is 15.2. The number of amides is 1. The minimum atomic E-state index is -0.997. The van der Waals surface area contributed by atoms with Crippen molar-refractivity contribution in [3.05, 3.63) is 51.8 Å². The molecule has 2 heterocycles. The van der Waals surface area contributed by atoms with Crippen LogP contribution in [0.4, 0.5) is 0 Å². The molecule has 1 N–H and O–H groups in total. The molecule has 9 heteroatoms. The molecular formula is C17H18Cl2N4O3. The Kier molecular flexibility index (Phi) is 5.80. The van der Waals surface area contributed by atoms with Gasteiger partial charge in [0, 0.05) is 38.9 Å². The zero-order valence-corrected chi connectivity index (χ0v) is 15.4. The lowest BCUT2D eigenvalue weighted by molar-refractivity contribution is -0.137. The van der Waals surface area contributed by atoms with Crippen molar-refractivity contribution in [2.75, 3.05) is 26.2 Å². The van der Waals surface area contributed by atoms with Gasteiger partial charge in [0.05, 0.1) is 10.0 Å². The molecule has 0 atom stereocenters. The van der Waals surface area contributed by atoms with Crippen LogP contribution in [0.2, 0.25) is 10.0 Å². The second kappa shape index (κ2) is 8.07. The van der Waals surface area contributed by atoms with Crippen molar-refractivity contribution in [1.29, 1.82) is 0 Å². The van der Waals surface area contributed by atoms with Crippen molar-refractivity contribution in [3.63, 3.8) is 0 Å². The number of benzene rings is 1. The topological polar surface area (TPSA) is 78.7 Å². The minimum Gasteiger partial charge on any atom is -0.480 e. The van der Waals surface area contributed by atoms with E-state index >= 15 is 0 Å². The first kappa shape index (κ1) is 18.7. The molecule has 26 heavy (non-hydrogen) atoms. The number of rotatable bonds is 5. The lowest BCUT2D eigenvalue weighted by atomic mass is 10.2. The van der Waals surface area contributed by atoms with E-state index in [4.69, 9.17) is 28.3 Å². The summed E-state index contributed by atoms with van der Waals surface area (Å²) < 4.78 is 1.25. The number of aromatic nitrogens is 2. The molecule has 1 saturated heterocycles. The second-order valence-corrected chi connectivity index (χ2v) is 6.92. The monoisotopic (exact) mass is 396 g/mol. The zero-order valence-electron chi connectivity index (χ0n) is 13.9. The van der Waals surface area contributed by atoms with Crippen LogP contribution in [-0.2, 0) is 17.9 Å². The Morgan fingerprint density at radius 1 is 1.08 bits per heavy atom. The van der Waals surface area contributed by atoms with E-state index in [1.54, 1.807) is 17.0 Å². The van der Waals surface area contributed by atoms with Gasteiger partial charge in [0.2, 0.25) is 0 Å². The summed E-state index contributed by atoms with van der Waals surface area (Å²) >= 11 is 12.0. The van der Waals surface area contributed by atoms with Gasteiger partial charge in [0.25, 0.3) is 5.91 Å². The number of aliphatic carboxylic acids is 1. The maximum absolute atomic E-state index is 12.5. The summed E-state index contributed by atoms with van der Waals surface area (Å²) in [5.41, 5.74) is 1.34. The predicted octanol–water partition coefficient (Wildman–Crippen LogP) is 2.23. The van der Waals surface area contributed by atoms with Crippen molar-refractivity contribution in [1.82, 2.24) is 19.6 Å². The van der Waals surface area contributed by atoms with Crippen LogP contribution in [0.15, 0.2) is 30.5 Å². The number of nitrogens with zero attached hydrogens (tertiary/aromatic N) is 4. The summed E-state index contributed by atoms with van der Waals surface area (Å²) in [5.74, 6) is -1.17. The molecule has 0 spiro atoms. The van der Waals surface area contributed by atoms with E-state index < -0.39 is 5.97 Å². The third-order valence-corrected chi connectivity index (χ3v) is 4.95. The van der Waals surface area contributed by atoms with Gasteiger partial charge in [-0.15, -0.1) is 0 Å². The maximum Gasteiger partial charge on any atom is 0.325 e. The van der Waals surface area contributed by atoms with Crippen LogP contribution in [0.5, 0.6) is 0 Å². The van der Waals surface area contributed by atoms with Gasteiger partial charge in [0.1, 0.15) is 12.2 Å². The molecule has 138 valence electrons. The Morgan fingerprint density at radius 3 is 2.46 bits per heavy atom. The van der Waals surface area contributed by atoms with Crippen LogP contribution < -0.4 is 0 Å². The minimum absolute atomic E-state index is 0.177. The van der Waals surface area contributed by atoms with Crippen LogP contribution in [-0.4, -0.2) is 62.7 Å². The molecule has 0 unspecified atom stereocenters. The molecule has 2 aromatic rings. The summed E-state index contributed by atoms with van der Waals surface area (Å²) in [7, 11) is 0. The van der Waals surface area contributed by atoms with Gasteiger partial charge in [0.15, 0.2) is 0 Å². The van der Waals surface area contributed by atoms with Gasteiger partial charge in [-0.3, -0.25) is 19.2 Å². The van der Waals surface area contributed by atoms with Crippen LogP contribution in [0.25, 0.3) is 0 Å². The van der Waals surface area contributed by atoms with Crippen molar-refractivity contribution in [2.24, 2.45) is 0 Å². The Balaban J connectivity index is 1.54. The predicted molar refractivity (Wildman–Crippen MR) is 97.5 cm³/mol. The van der Waals surface area contributed by atoms with Crippen molar-refractivity contribution >= 4 is 35.1 Å². The first-order valence-corrected chi connectivity index (χ1v) is 8.89.